The van der Waals surface area contributed by atoms with E-state index in [-0.39, 0.29) is 17.0 Å². The molecule has 0 saturated heterocycles. The highest BCUT2D eigenvalue weighted by Crippen LogP contribution is 2.39. The highest BCUT2D eigenvalue weighted by Gasteiger charge is 2.40. The number of hydrogen-bond acceptors (Lipinski definition) is 5. The number of carbonyl (C=O) groups excluding carboxylic acids is 1. The van der Waals surface area contributed by atoms with Gasteiger partial charge in [0, 0.05) is 6.42 Å². The molecule has 6 nitrogen and oxygen atoms in total. The molecule has 0 fully saturated rings. The molecule has 0 radical (unpaired) electrons. The van der Waals surface area contributed by atoms with Crippen LogP contribution in [0, 0.1) is 0 Å². The molecule has 0 N–H and O–H groups in total. The van der Waals surface area contributed by atoms with Gasteiger partial charge in [0.1, 0.15) is 4.90 Å². The number of sulfonamides is 1. The number of halogens is 1. The Morgan fingerprint density at radius 2 is 1.88 bits per heavy atom. The van der Waals surface area contributed by atoms with Gasteiger partial charge in [0.15, 0.2) is 11.5 Å². The Morgan fingerprint density at radius 3 is 2.68 bits per heavy atom. The number of benzene rings is 2. The SMILES string of the molecule is O=C1c2ccccc2S(=O)(=O)N1Cc1cc(Cl)c2c(c1)OCCCO2. The van der Waals surface area contributed by atoms with E-state index in [1.807, 2.05) is 0 Å². The summed E-state index contributed by atoms with van der Waals surface area (Å²) in [5, 5.41) is 0.330. The maximum atomic E-state index is 12.6. The number of fused-ring (bicyclic) bond motifs is 2. The fourth-order valence-corrected chi connectivity index (χ4v) is 4.77. The molecule has 2 aliphatic heterocycles. The van der Waals surface area contributed by atoms with Crippen molar-refractivity contribution < 1.29 is 22.7 Å². The average molecular weight is 380 g/mol. The van der Waals surface area contributed by atoms with Crippen LogP contribution in [0.25, 0.3) is 0 Å². The Morgan fingerprint density at radius 1 is 1.12 bits per heavy atom. The fraction of sp³-hybridized carbons (Fsp3) is 0.235. The minimum atomic E-state index is -3.87. The van der Waals surface area contributed by atoms with Gasteiger partial charge in [-0.1, -0.05) is 23.7 Å². The van der Waals surface area contributed by atoms with Crippen molar-refractivity contribution in [3.8, 4) is 11.5 Å². The summed E-state index contributed by atoms with van der Waals surface area (Å²) >= 11 is 6.24. The van der Waals surface area contributed by atoms with Crippen LogP contribution < -0.4 is 9.47 Å². The fourth-order valence-electron chi connectivity index (χ4n) is 2.93. The summed E-state index contributed by atoms with van der Waals surface area (Å²) in [4.78, 5) is 12.5. The Kier molecular flexibility index (Phi) is 3.85. The second kappa shape index (κ2) is 5.93. The van der Waals surface area contributed by atoms with Crippen LogP contribution in [0.15, 0.2) is 41.3 Å². The molecule has 2 heterocycles. The number of rotatable bonds is 2. The Bertz CT molecular complexity index is 973. The number of hydrogen-bond donors (Lipinski definition) is 0. The lowest BCUT2D eigenvalue weighted by molar-refractivity contribution is 0.0865. The molecule has 0 spiro atoms. The van der Waals surface area contributed by atoms with E-state index in [4.69, 9.17) is 21.1 Å². The summed E-state index contributed by atoms with van der Waals surface area (Å²) < 4.78 is 37.3. The number of nitrogens with zero attached hydrogens (tertiary/aromatic N) is 1. The van der Waals surface area contributed by atoms with Gasteiger partial charge in [-0.15, -0.1) is 0 Å². The normalized spacial score (nSPS) is 18.0. The average Bonchev–Trinajstić information content (AvgIpc) is 2.77. The van der Waals surface area contributed by atoms with E-state index in [9.17, 15) is 13.2 Å². The molecular formula is C17H14ClNO5S. The smallest absolute Gasteiger partial charge is 0.269 e. The number of carbonyl (C=O) groups is 1. The van der Waals surface area contributed by atoms with E-state index in [1.54, 1.807) is 24.3 Å². The number of ether oxygens (including phenoxy) is 2. The zero-order valence-electron chi connectivity index (χ0n) is 13.1. The van der Waals surface area contributed by atoms with Gasteiger partial charge in [-0.2, -0.15) is 0 Å². The van der Waals surface area contributed by atoms with Crippen molar-refractivity contribution in [2.45, 2.75) is 17.9 Å². The zero-order chi connectivity index (χ0) is 17.6. The van der Waals surface area contributed by atoms with Crippen LogP contribution in [0.1, 0.15) is 22.3 Å². The van der Waals surface area contributed by atoms with E-state index in [0.29, 0.717) is 35.3 Å². The van der Waals surface area contributed by atoms with Crippen molar-refractivity contribution in [2.24, 2.45) is 0 Å². The van der Waals surface area contributed by atoms with Crippen molar-refractivity contribution >= 4 is 27.5 Å². The van der Waals surface area contributed by atoms with E-state index in [1.165, 1.54) is 12.1 Å². The summed E-state index contributed by atoms with van der Waals surface area (Å²) in [5.41, 5.74) is 0.738. The minimum Gasteiger partial charge on any atom is -0.489 e. The van der Waals surface area contributed by atoms with Crippen LogP contribution in [0.4, 0.5) is 0 Å². The van der Waals surface area contributed by atoms with Crippen molar-refractivity contribution in [3.63, 3.8) is 0 Å². The van der Waals surface area contributed by atoms with Crippen LogP contribution in [-0.4, -0.2) is 31.8 Å². The van der Waals surface area contributed by atoms with Gasteiger partial charge in [-0.05, 0) is 29.8 Å². The van der Waals surface area contributed by atoms with E-state index in [0.717, 1.165) is 10.7 Å². The largest absolute Gasteiger partial charge is 0.489 e. The lowest BCUT2D eigenvalue weighted by atomic mass is 10.1. The lowest BCUT2D eigenvalue weighted by Crippen LogP contribution is -2.29. The van der Waals surface area contributed by atoms with Gasteiger partial charge < -0.3 is 9.47 Å². The molecule has 25 heavy (non-hydrogen) atoms. The van der Waals surface area contributed by atoms with Crippen LogP contribution in [0.2, 0.25) is 5.02 Å². The van der Waals surface area contributed by atoms with Crippen molar-refractivity contribution in [1.29, 1.82) is 0 Å². The van der Waals surface area contributed by atoms with Crippen LogP contribution in [0.5, 0.6) is 11.5 Å². The molecule has 2 aromatic rings. The first-order valence-electron chi connectivity index (χ1n) is 7.72. The van der Waals surface area contributed by atoms with E-state index < -0.39 is 15.9 Å². The summed E-state index contributed by atoms with van der Waals surface area (Å²) in [6, 6.07) is 9.44. The third-order valence-corrected chi connectivity index (χ3v) is 6.17. The zero-order valence-corrected chi connectivity index (χ0v) is 14.6. The Balaban J connectivity index is 1.71. The standard InChI is InChI=1S/C17H14ClNO5S/c18-13-8-11(9-14-16(13)24-7-3-6-23-14)10-19-17(20)12-4-1-2-5-15(12)25(19,21)22/h1-2,4-5,8-9H,3,6-7,10H2. The topological polar surface area (TPSA) is 72.9 Å². The first-order valence-corrected chi connectivity index (χ1v) is 9.54. The first-order chi connectivity index (χ1) is 12.0. The molecule has 8 heteroatoms. The highest BCUT2D eigenvalue weighted by molar-refractivity contribution is 7.90. The predicted octanol–water partition coefficient (Wildman–Crippen LogP) is 2.85. The molecule has 0 bridgehead atoms. The quantitative estimate of drug-likeness (QED) is 0.802. The highest BCUT2D eigenvalue weighted by atomic mass is 35.5. The molecule has 1 amide bonds. The number of amides is 1. The first kappa shape index (κ1) is 16.2. The van der Waals surface area contributed by atoms with Crippen LogP contribution >= 0.6 is 11.6 Å². The molecule has 130 valence electrons. The Hall–Kier alpha value is -2.25. The van der Waals surface area contributed by atoms with Crippen molar-refractivity contribution in [2.75, 3.05) is 13.2 Å². The van der Waals surface area contributed by atoms with Gasteiger partial charge in [-0.25, -0.2) is 12.7 Å². The van der Waals surface area contributed by atoms with Crippen molar-refractivity contribution in [3.05, 3.63) is 52.5 Å². The predicted molar refractivity (Wildman–Crippen MR) is 90.6 cm³/mol. The maximum absolute atomic E-state index is 12.6. The third kappa shape index (κ3) is 2.63. The molecule has 0 saturated carbocycles. The second-order valence-electron chi connectivity index (χ2n) is 5.77. The van der Waals surface area contributed by atoms with E-state index >= 15 is 0 Å². The van der Waals surface area contributed by atoms with Gasteiger partial charge in [0.25, 0.3) is 15.9 Å². The van der Waals surface area contributed by atoms with Gasteiger partial charge >= 0.3 is 0 Å². The lowest BCUT2D eigenvalue weighted by Gasteiger charge is -2.17. The molecule has 4 rings (SSSR count). The molecule has 2 aliphatic rings. The second-order valence-corrected chi connectivity index (χ2v) is 8.01. The minimum absolute atomic E-state index is 0.0282. The van der Waals surface area contributed by atoms with E-state index in [2.05, 4.69) is 0 Å². The maximum Gasteiger partial charge on any atom is 0.269 e. The van der Waals surface area contributed by atoms with Crippen LogP contribution in [0.3, 0.4) is 0 Å². The Labute approximate surface area is 150 Å². The summed E-state index contributed by atoms with van der Waals surface area (Å²) in [5.74, 6) is 0.363. The summed E-state index contributed by atoms with van der Waals surface area (Å²) in [7, 11) is -3.87. The molecule has 0 unspecified atom stereocenters. The molecular weight excluding hydrogens is 366 g/mol. The summed E-state index contributed by atoms with van der Waals surface area (Å²) in [6.07, 6.45) is 0.731. The molecule has 2 aromatic carbocycles. The molecule has 0 aromatic heterocycles. The van der Waals surface area contributed by atoms with Gasteiger partial charge in [0.05, 0.1) is 30.3 Å². The monoisotopic (exact) mass is 379 g/mol. The molecule has 0 atom stereocenters. The third-order valence-electron chi connectivity index (χ3n) is 4.10. The molecule has 0 aliphatic carbocycles. The van der Waals surface area contributed by atoms with Crippen LogP contribution in [-0.2, 0) is 16.6 Å². The van der Waals surface area contributed by atoms with Gasteiger partial charge in [-0.3, -0.25) is 4.79 Å². The van der Waals surface area contributed by atoms with Gasteiger partial charge in [0.2, 0.25) is 0 Å². The van der Waals surface area contributed by atoms with Crippen molar-refractivity contribution in [1.82, 2.24) is 4.31 Å². The summed E-state index contributed by atoms with van der Waals surface area (Å²) in [6.45, 7) is 0.867.